The molecule has 0 saturated carbocycles. The lowest BCUT2D eigenvalue weighted by molar-refractivity contribution is 0.419. The molecule has 4 heteroatoms. The Morgan fingerprint density at radius 1 is 0.950 bits per heavy atom. The van der Waals surface area contributed by atoms with Gasteiger partial charge in [0.05, 0.1) is 0 Å². The molecule has 0 amide bonds. The molecule has 0 spiro atoms. The lowest BCUT2D eigenvalue weighted by Crippen LogP contribution is -2.18. The summed E-state index contributed by atoms with van der Waals surface area (Å²) in [6, 6.07) is 2.04. The lowest BCUT2D eigenvalue weighted by Gasteiger charge is -2.17. The van der Waals surface area contributed by atoms with Crippen LogP contribution in [0.25, 0.3) is 0 Å². The quantitative estimate of drug-likeness (QED) is 0.491. The normalized spacial score (nSPS) is 12.7. The molecule has 0 bridgehead atoms. The predicted molar refractivity (Wildman–Crippen MR) is 76.1 cm³/mol. The number of hydrogen-bond acceptors (Lipinski definition) is 1. The smallest absolute Gasteiger partial charge is 0.194 e. The van der Waals surface area contributed by atoms with Gasteiger partial charge in [-0.2, -0.15) is 0 Å². The minimum absolute atomic E-state index is 0.208. The Bertz CT molecular complexity index is 407. The van der Waals surface area contributed by atoms with E-state index in [2.05, 4.69) is 12.2 Å². The van der Waals surface area contributed by atoms with Crippen LogP contribution in [0.2, 0.25) is 0 Å². The molecule has 1 rings (SSSR count). The minimum Gasteiger partial charge on any atom is -0.313 e. The first-order chi connectivity index (χ1) is 9.61. The van der Waals surface area contributed by atoms with Gasteiger partial charge in [0.1, 0.15) is 0 Å². The number of hydrogen-bond donors (Lipinski definition) is 1. The monoisotopic (exact) mass is 287 g/mol. The maximum absolute atomic E-state index is 13.7. The zero-order chi connectivity index (χ0) is 15.0. The number of rotatable bonds is 9. The summed E-state index contributed by atoms with van der Waals surface area (Å²) in [5, 5.41) is 2.98. The Balaban J connectivity index is 2.52. The summed E-state index contributed by atoms with van der Waals surface area (Å²) in [5.41, 5.74) is 0.208. The van der Waals surface area contributed by atoms with Gasteiger partial charge < -0.3 is 5.32 Å². The van der Waals surface area contributed by atoms with Gasteiger partial charge in [-0.25, -0.2) is 13.2 Å². The van der Waals surface area contributed by atoms with Crippen molar-refractivity contribution < 1.29 is 13.2 Å². The van der Waals surface area contributed by atoms with Gasteiger partial charge in [0, 0.05) is 11.6 Å². The molecule has 0 saturated heterocycles. The van der Waals surface area contributed by atoms with E-state index in [1.807, 2.05) is 0 Å². The highest BCUT2D eigenvalue weighted by Gasteiger charge is 2.19. The zero-order valence-corrected chi connectivity index (χ0v) is 12.3. The number of unbranched alkanes of at least 4 members (excludes halogenated alkanes) is 5. The molecule has 0 fully saturated rings. The summed E-state index contributed by atoms with van der Waals surface area (Å²) >= 11 is 0. The maximum atomic E-state index is 13.7. The number of benzene rings is 1. The van der Waals surface area contributed by atoms with Crippen LogP contribution in [0.3, 0.4) is 0 Å². The third-order valence-corrected chi connectivity index (χ3v) is 3.64. The van der Waals surface area contributed by atoms with Crippen molar-refractivity contribution in [3.63, 3.8) is 0 Å². The van der Waals surface area contributed by atoms with E-state index in [0.29, 0.717) is 0 Å². The second kappa shape index (κ2) is 9.01. The fourth-order valence-corrected chi connectivity index (χ4v) is 2.39. The van der Waals surface area contributed by atoms with Crippen molar-refractivity contribution in [3.05, 3.63) is 35.1 Å². The van der Waals surface area contributed by atoms with Crippen molar-refractivity contribution in [2.75, 3.05) is 7.05 Å². The second-order valence-corrected chi connectivity index (χ2v) is 5.16. The molecule has 1 N–H and O–H groups in total. The van der Waals surface area contributed by atoms with Crippen LogP contribution in [0.1, 0.15) is 63.5 Å². The van der Waals surface area contributed by atoms with Gasteiger partial charge in [-0.05, 0) is 19.5 Å². The first-order valence-corrected chi connectivity index (χ1v) is 7.42. The summed E-state index contributed by atoms with van der Waals surface area (Å²) in [5.74, 6) is -3.60. The van der Waals surface area contributed by atoms with Gasteiger partial charge in [0.2, 0.25) is 0 Å². The Morgan fingerprint density at radius 3 is 2.25 bits per heavy atom. The van der Waals surface area contributed by atoms with Crippen molar-refractivity contribution in [2.45, 2.75) is 57.9 Å². The van der Waals surface area contributed by atoms with Crippen LogP contribution in [-0.4, -0.2) is 7.05 Å². The van der Waals surface area contributed by atoms with E-state index in [4.69, 9.17) is 0 Å². The summed E-state index contributed by atoms with van der Waals surface area (Å²) < 4.78 is 39.9. The van der Waals surface area contributed by atoms with Crippen molar-refractivity contribution in [2.24, 2.45) is 0 Å². The summed E-state index contributed by atoms with van der Waals surface area (Å²) in [4.78, 5) is 0. The van der Waals surface area contributed by atoms with Crippen molar-refractivity contribution in [1.82, 2.24) is 5.32 Å². The van der Waals surface area contributed by atoms with E-state index in [0.717, 1.165) is 25.3 Å². The first-order valence-electron chi connectivity index (χ1n) is 7.42. The molecular weight excluding hydrogens is 263 g/mol. The molecule has 1 aromatic rings. The molecule has 0 aromatic heterocycles. The molecule has 20 heavy (non-hydrogen) atoms. The molecule has 1 atom stereocenters. The third-order valence-electron chi connectivity index (χ3n) is 3.64. The SMILES string of the molecule is CCCCCCCCC(NC)c1ccc(F)c(F)c1F. The van der Waals surface area contributed by atoms with Crippen LogP contribution in [0, 0.1) is 17.5 Å². The fourth-order valence-electron chi connectivity index (χ4n) is 2.39. The largest absolute Gasteiger partial charge is 0.313 e. The van der Waals surface area contributed by atoms with E-state index >= 15 is 0 Å². The van der Waals surface area contributed by atoms with Gasteiger partial charge in [-0.3, -0.25) is 0 Å². The summed E-state index contributed by atoms with van der Waals surface area (Å²) in [6.45, 7) is 2.17. The van der Waals surface area contributed by atoms with Gasteiger partial charge in [-0.15, -0.1) is 0 Å². The molecule has 0 radical (unpaired) electrons. The summed E-state index contributed by atoms with van der Waals surface area (Å²) in [6.07, 6.45) is 7.61. The molecule has 1 unspecified atom stereocenters. The molecule has 1 nitrogen and oxygen atoms in total. The van der Waals surface area contributed by atoms with Crippen LogP contribution in [0.4, 0.5) is 13.2 Å². The van der Waals surface area contributed by atoms with Crippen LogP contribution >= 0.6 is 0 Å². The van der Waals surface area contributed by atoms with Crippen molar-refractivity contribution >= 4 is 0 Å². The topological polar surface area (TPSA) is 12.0 Å². The molecule has 0 heterocycles. The molecule has 114 valence electrons. The highest BCUT2D eigenvalue weighted by Crippen LogP contribution is 2.25. The lowest BCUT2D eigenvalue weighted by atomic mass is 9.99. The average molecular weight is 287 g/mol. The van der Waals surface area contributed by atoms with Crippen molar-refractivity contribution in [3.8, 4) is 0 Å². The highest BCUT2D eigenvalue weighted by molar-refractivity contribution is 5.23. The molecule has 0 aliphatic rings. The van der Waals surface area contributed by atoms with E-state index in [1.165, 1.54) is 31.7 Å². The minimum atomic E-state index is -1.38. The Morgan fingerprint density at radius 2 is 1.60 bits per heavy atom. The van der Waals surface area contributed by atoms with Gasteiger partial charge in [-0.1, -0.05) is 51.5 Å². The Hall–Kier alpha value is -1.03. The predicted octanol–water partition coefficient (Wildman–Crippen LogP) is 5.12. The molecule has 0 aliphatic carbocycles. The second-order valence-electron chi connectivity index (χ2n) is 5.16. The Labute approximate surface area is 119 Å². The van der Waals surface area contributed by atoms with Gasteiger partial charge in [0.25, 0.3) is 0 Å². The van der Waals surface area contributed by atoms with Crippen LogP contribution in [0.5, 0.6) is 0 Å². The van der Waals surface area contributed by atoms with Crippen LogP contribution < -0.4 is 5.32 Å². The van der Waals surface area contributed by atoms with E-state index < -0.39 is 17.5 Å². The van der Waals surface area contributed by atoms with E-state index in [9.17, 15) is 13.2 Å². The molecular formula is C16H24F3N. The third kappa shape index (κ3) is 4.82. The van der Waals surface area contributed by atoms with E-state index in [1.54, 1.807) is 7.05 Å². The van der Waals surface area contributed by atoms with Crippen molar-refractivity contribution in [1.29, 1.82) is 0 Å². The molecule has 1 aromatic carbocycles. The van der Waals surface area contributed by atoms with Gasteiger partial charge in [0.15, 0.2) is 17.5 Å². The first kappa shape index (κ1) is 17.0. The maximum Gasteiger partial charge on any atom is 0.194 e. The zero-order valence-electron chi connectivity index (χ0n) is 12.3. The molecule has 0 aliphatic heterocycles. The highest BCUT2D eigenvalue weighted by atomic mass is 19.2. The van der Waals surface area contributed by atoms with Gasteiger partial charge >= 0.3 is 0 Å². The van der Waals surface area contributed by atoms with E-state index in [-0.39, 0.29) is 11.6 Å². The number of nitrogens with one attached hydrogen (secondary N) is 1. The standard InChI is InChI=1S/C16H24F3N/c1-3-4-5-6-7-8-9-14(20-2)12-10-11-13(17)16(19)15(12)18/h10-11,14,20H,3-9H2,1-2H3. The van der Waals surface area contributed by atoms with Crippen LogP contribution in [0.15, 0.2) is 12.1 Å². The summed E-state index contributed by atoms with van der Waals surface area (Å²) in [7, 11) is 1.71. The fraction of sp³-hybridized carbons (Fsp3) is 0.625. The number of halogens is 3. The average Bonchev–Trinajstić information content (AvgIpc) is 2.45. The Kier molecular flexibility index (Phi) is 7.67. The van der Waals surface area contributed by atoms with Crippen LogP contribution in [-0.2, 0) is 0 Å².